The van der Waals surface area contributed by atoms with Crippen LogP contribution in [0.3, 0.4) is 0 Å². The van der Waals surface area contributed by atoms with Gasteiger partial charge in [0, 0.05) is 5.69 Å². The minimum Gasteiger partial charge on any atom is -0.353 e. The van der Waals surface area contributed by atoms with Gasteiger partial charge in [0.05, 0.1) is 22.2 Å². The van der Waals surface area contributed by atoms with Gasteiger partial charge in [-0.05, 0) is 23.8 Å². The summed E-state index contributed by atoms with van der Waals surface area (Å²) in [7, 11) is 0. The largest absolute Gasteiger partial charge is 0.353 e. The molecule has 2 rings (SSSR count). The summed E-state index contributed by atoms with van der Waals surface area (Å²) < 4.78 is 0. The maximum atomic E-state index is 11.3. The van der Waals surface area contributed by atoms with E-state index >= 15 is 0 Å². The summed E-state index contributed by atoms with van der Waals surface area (Å²) in [5.41, 5.74) is 3.60. The van der Waals surface area contributed by atoms with Gasteiger partial charge in [0.1, 0.15) is 0 Å². The molecule has 4 nitrogen and oxygen atoms in total. The molecule has 0 aliphatic heterocycles. The lowest BCUT2D eigenvalue weighted by Crippen LogP contribution is -2.21. The first-order valence-corrected chi connectivity index (χ1v) is 6.59. The number of rotatable bonds is 4. The number of carbonyl (C=O) groups is 1. The number of halogens is 2. The molecule has 0 aliphatic carbocycles. The van der Waals surface area contributed by atoms with Crippen molar-refractivity contribution in [2.24, 2.45) is 0 Å². The summed E-state index contributed by atoms with van der Waals surface area (Å²) >= 11 is 12.2. The van der Waals surface area contributed by atoms with Gasteiger partial charge in [-0.25, -0.2) is 5.48 Å². The minimum absolute atomic E-state index is 0.0434. The summed E-state index contributed by atoms with van der Waals surface area (Å²) in [6.45, 7) is 0. The van der Waals surface area contributed by atoms with E-state index in [-0.39, 0.29) is 6.42 Å². The monoisotopic (exact) mass is 310 g/mol. The van der Waals surface area contributed by atoms with Crippen LogP contribution in [0.15, 0.2) is 42.5 Å². The molecule has 0 unspecified atom stereocenters. The van der Waals surface area contributed by atoms with Crippen LogP contribution in [0.4, 0.5) is 11.4 Å². The number of benzene rings is 2. The summed E-state index contributed by atoms with van der Waals surface area (Å²) in [5.74, 6) is -0.496. The number of carbonyl (C=O) groups excluding carboxylic acids is 1. The van der Waals surface area contributed by atoms with Crippen LogP contribution >= 0.6 is 23.2 Å². The number of hydrogen-bond acceptors (Lipinski definition) is 3. The van der Waals surface area contributed by atoms with E-state index in [1.54, 1.807) is 41.9 Å². The predicted octanol–water partition coefficient (Wildman–Crippen LogP) is 3.78. The van der Waals surface area contributed by atoms with Crippen LogP contribution in [-0.2, 0) is 11.2 Å². The number of nitrogens with one attached hydrogen (secondary N) is 2. The van der Waals surface area contributed by atoms with Gasteiger partial charge in [0.2, 0.25) is 5.91 Å². The van der Waals surface area contributed by atoms with Gasteiger partial charge in [-0.2, -0.15) is 0 Å². The number of hydrogen-bond donors (Lipinski definition) is 3. The second kappa shape index (κ2) is 6.61. The van der Waals surface area contributed by atoms with E-state index in [1.165, 1.54) is 0 Å². The highest BCUT2D eigenvalue weighted by Gasteiger charge is 2.10. The van der Waals surface area contributed by atoms with Crippen LogP contribution in [0.1, 0.15) is 5.56 Å². The average Bonchev–Trinajstić information content (AvgIpc) is 2.44. The zero-order valence-corrected chi connectivity index (χ0v) is 11.9. The molecule has 3 N–H and O–H groups in total. The second-order valence-corrected chi connectivity index (χ2v) is 4.90. The molecule has 104 valence electrons. The highest BCUT2D eigenvalue weighted by molar-refractivity contribution is 6.39. The zero-order chi connectivity index (χ0) is 14.5. The third-order valence-corrected chi connectivity index (χ3v) is 3.35. The van der Waals surface area contributed by atoms with Crippen LogP contribution in [0.5, 0.6) is 0 Å². The highest BCUT2D eigenvalue weighted by Crippen LogP contribution is 2.33. The van der Waals surface area contributed by atoms with Crippen molar-refractivity contribution < 1.29 is 10.0 Å². The molecule has 0 spiro atoms. The van der Waals surface area contributed by atoms with E-state index in [1.807, 2.05) is 6.07 Å². The highest BCUT2D eigenvalue weighted by atomic mass is 35.5. The molecule has 0 atom stereocenters. The van der Waals surface area contributed by atoms with Gasteiger partial charge < -0.3 is 5.32 Å². The fourth-order valence-corrected chi connectivity index (χ4v) is 2.25. The first-order valence-electron chi connectivity index (χ1n) is 5.83. The molecule has 0 aromatic heterocycles. The van der Waals surface area contributed by atoms with Gasteiger partial charge in [-0.15, -0.1) is 0 Å². The maximum absolute atomic E-state index is 11.3. The Morgan fingerprint density at radius 2 is 1.70 bits per heavy atom. The fraction of sp³-hybridized carbons (Fsp3) is 0.0714. The van der Waals surface area contributed by atoms with Crippen molar-refractivity contribution in [3.63, 3.8) is 0 Å². The molecule has 0 fully saturated rings. The lowest BCUT2D eigenvalue weighted by molar-refractivity contribution is -0.128. The smallest absolute Gasteiger partial charge is 0.247 e. The quantitative estimate of drug-likeness (QED) is 0.595. The first kappa shape index (κ1) is 14.7. The van der Waals surface area contributed by atoms with Crippen molar-refractivity contribution in [2.45, 2.75) is 6.42 Å². The lowest BCUT2D eigenvalue weighted by atomic mass is 10.1. The Kier molecular flexibility index (Phi) is 4.84. The van der Waals surface area contributed by atoms with E-state index in [0.717, 1.165) is 5.56 Å². The summed E-state index contributed by atoms with van der Waals surface area (Å²) in [6.07, 6.45) is 0.0434. The average molecular weight is 311 g/mol. The Hall–Kier alpha value is -1.75. The summed E-state index contributed by atoms with van der Waals surface area (Å²) in [4.78, 5) is 11.3. The van der Waals surface area contributed by atoms with E-state index in [0.29, 0.717) is 21.4 Å². The van der Waals surface area contributed by atoms with Crippen LogP contribution in [0, 0.1) is 0 Å². The van der Waals surface area contributed by atoms with Crippen LogP contribution in [-0.4, -0.2) is 11.1 Å². The number of hydroxylamine groups is 1. The van der Waals surface area contributed by atoms with E-state index in [9.17, 15) is 4.79 Å². The van der Waals surface area contributed by atoms with Gasteiger partial charge in [-0.3, -0.25) is 10.0 Å². The number of amides is 1. The molecule has 6 heteroatoms. The molecule has 2 aromatic carbocycles. The maximum Gasteiger partial charge on any atom is 0.247 e. The third kappa shape index (κ3) is 3.42. The van der Waals surface area contributed by atoms with Crippen molar-refractivity contribution in [1.82, 2.24) is 5.48 Å². The number of anilines is 2. The third-order valence-electron chi connectivity index (χ3n) is 2.72. The van der Waals surface area contributed by atoms with E-state index in [4.69, 9.17) is 28.4 Å². The molecule has 0 aliphatic rings. The van der Waals surface area contributed by atoms with Gasteiger partial charge in [0.15, 0.2) is 0 Å². The van der Waals surface area contributed by atoms with Crippen LogP contribution in [0.25, 0.3) is 0 Å². The van der Waals surface area contributed by atoms with Gasteiger partial charge in [0.25, 0.3) is 0 Å². The van der Waals surface area contributed by atoms with Crippen molar-refractivity contribution in [3.05, 3.63) is 58.1 Å². The molecule has 0 radical (unpaired) electrons. The van der Waals surface area contributed by atoms with E-state index in [2.05, 4.69) is 5.32 Å². The Morgan fingerprint density at radius 3 is 2.35 bits per heavy atom. The molecular weight excluding hydrogens is 299 g/mol. The molecule has 0 heterocycles. The SMILES string of the molecule is O=C(Cc1ccccc1Nc1c(Cl)cccc1Cl)NO. The Labute approximate surface area is 126 Å². The topological polar surface area (TPSA) is 61.4 Å². The van der Waals surface area contributed by atoms with Crippen molar-refractivity contribution in [3.8, 4) is 0 Å². The van der Waals surface area contributed by atoms with Gasteiger partial charge >= 0.3 is 0 Å². The first-order chi connectivity index (χ1) is 9.61. The Balaban J connectivity index is 2.32. The second-order valence-electron chi connectivity index (χ2n) is 4.09. The van der Waals surface area contributed by atoms with Crippen molar-refractivity contribution in [2.75, 3.05) is 5.32 Å². The number of para-hydroxylation sites is 2. The predicted molar refractivity (Wildman–Crippen MR) is 79.8 cm³/mol. The molecule has 1 amide bonds. The standard InChI is InChI=1S/C14H12Cl2N2O2/c15-10-5-3-6-11(16)14(10)17-12-7-2-1-4-9(12)8-13(19)18-20/h1-7,17,20H,8H2,(H,18,19). The Morgan fingerprint density at radius 1 is 1.05 bits per heavy atom. The summed E-state index contributed by atoms with van der Waals surface area (Å²) in [6, 6.07) is 12.4. The molecule has 2 aromatic rings. The van der Waals surface area contributed by atoms with Crippen LogP contribution in [0.2, 0.25) is 10.0 Å². The van der Waals surface area contributed by atoms with Gasteiger partial charge in [-0.1, -0.05) is 47.5 Å². The molecule has 20 heavy (non-hydrogen) atoms. The molecule has 0 bridgehead atoms. The van der Waals surface area contributed by atoms with E-state index < -0.39 is 5.91 Å². The normalized spacial score (nSPS) is 10.2. The summed E-state index contributed by atoms with van der Waals surface area (Å²) in [5, 5.41) is 12.7. The van der Waals surface area contributed by atoms with Crippen LogP contribution < -0.4 is 10.8 Å². The molecule has 0 saturated carbocycles. The fourth-order valence-electron chi connectivity index (χ4n) is 1.76. The Bertz CT molecular complexity index is 612. The minimum atomic E-state index is -0.496. The zero-order valence-electron chi connectivity index (χ0n) is 10.4. The molecular formula is C14H12Cl2N2O2. The molecule has 0 saturated heterocycles. The van der Waals surface area contributed by atoms with Crippen molar-refractivity contribution >= 4 is 40.5 Å². The lowest BCUT2D eigenvalue weighted by Gasteiger charge is -2.13. The van der Waals surface area contributed by atoms with Crippen molar-refractivity contribution in [1.29, 1.82) is 0 Å².